The lowest BCUT2D eigenvalue weighted by atomic mass is 9.80. The molecule has 1 aliphatic heterocycles. The van der Waals surface area contributed by atoms with Gasteiger partial charge in [0.25, 0.3) is 0 Å². The Morgan fingerprint density at radius 2 is 1.32 bits per heavy atom. The van der Waals surface area contributed by atoms with Gasteiger partial charge in [-0.15, -0.1) is 0 Å². The van der Waals surface area contributed by atoms with E-state index in [-0.39, 0.29) is 10.8 Å². The van der Waals surface area contributed by atoms with E-state index in [0.29, 0.717) is 12.0 Å². The highest BCUT2D eigenvalue weighted by Gasteiger charge is 2.43. The smallest absolute Gasteiger partial charge is 0.0626 e. The first-order chi connectivity index (χ1) is 21.3. The summed E-state index contributed by atoms with van der Waals surface area (Å²) in [6, 6.07) is 28.2. The molecule has 0 saturated carbocycles. The lowest BCUT2D eigenvalue weighted by molar-refractivity contribution is 0.658. The van der Waals surface area contributed by atoms with Crippen molar-refractivity contribution in [1.29, 1.82) is 0 Å². The fourth-order valence-electron chi connectivity index (χ4n) is 8.72. The van der Waals surface area contributed by atoms with Crippen LogP contribution >= 0.6 is 0 Å². The second-order valence-electron chi connectivity index (χ2n) is 14.2. The van der Waals surface area contributed by atoms with Crippen molar-refractivity contribution >= 4 is 17.1 Å². The van der Waals surface area contributed by atoms with Gasteiger partial charge in [0.1, 0.15) is 0 Å². The number of nitrogens with one attached hydrogen (secondary N) is 1. The number of hydrogen-bond donors (Lipinski definition) is 1. The molecule has 0 spiro atoms. The minimum atomic E-state index is -0.0804. The molecule has 0 radical (unpaired) electrons. The van der Waals surface area contributed by atoms with Crippen LogP contribution in [0, 0.1) is 0 Å². The second kappa shape index (κ2) is 8.99. The van der Waals surface area contributed by atoms with Gasteiger partial charge >= 0.3 is 0 Å². The Balaban J connectivity index is 1.10. The van der Waals surface area contributed by atoms with Gasteiger partial charge in [0.2, 0.25) is 0 Å². The third kappa shape index (κ3) is 3.48. The van der Waals surface area contributed by atoms with Crippen LogP contribution in [-0.2, 0) is 10.8 Å². The van der Waals surface area contributed by atoms with E-state index in [1.54, 1.807) is 0 Å². The predicted octanol–water partition coefficient (Wildman–Crippen LogP) is 10.7. The molecule has 9 rings (SSSR count). The summed E-state index contributed by atoms with van der Waals surface area (Å²) < 4.78 is 0. The van der Waals surface area contributed by atoms with E-state index in [4.69, 9.17) is 0 Å². The van der Waals surface area contributed by atoms with Crippen molar-refractivity contribution in [3.05, 3.63) is 149 Å². The SMILES string of the molecule is CC1(C)c2ccccc2-c2ccc(Nc3ccc4c(c3)C(C)(C)c3cc5c(cc3-4)N(C3=CC=CCC3)C3C=CC=CC53)cc21. The third-order valence-electron chi connectivity index (χ3n) is 11.0. The largest absolute Gasteiger partial charge is 0.356 e. The molecule has 0 bridgehead atoms. The summed E-state index contributed by atoms with van der Waals surface area (Å²) >= 11 is 0. The van der Waals surface area contributed by atoms with Crippen molar-refractivity contribution in [3.8, 4) is 22.3 Å². The molecule has 5 aliphatic rings. The summed E-state index contributed by atoms with van der Waals surface area (Å²) in [5.41, 5.74) is 17.6. The molecule has 216 valence electrons. The Morgan fingerprint density at radius 3 is 2.07 bits per heavy atom. The van der Waals surface area contributed by atoms with Crippen molar-refractivity contribution in [2.75, 3.05) is 10.2 Å². The first kappa shape index (κ1) is 25.9. The van der Waals surface area contributed by atoms with Gasteiger partial charge in [-0.2, -0.15) is 0 Å². The van der Waals surface area contributed by atoms with Crippen LogP contribution < -0.4 is 10.2 Å². The molecule has 4 aliphatic carbocycles. The van der Waals surface area contributed by atoms with Gasteiger partial charge in [0.15, 0.2) is 0 Å². The van der Waals surface area contributed by atoms with Gasteiger partial charge in [-0.3, -0.25) is 0 Å². The number of nitrogens with zero attached hydrogens (tertiary/aromatic N) is 1. The minimum Gasteiger partial charge on any atom is -0.356 e. The van der Waals surface area contributed by atoms with Gasteiger partial charge in [-0.05, 0) is 99.3 Å². The highest BCUT2D eigenvalue weighted by molar-refractivity contribution is 5.88. The zero-order valence-electron chi connectivity index (χ0n) is 26.0. The molecule has 2 heteroatoms. The number of allylic oxidation sites excluding steroid dienone is 6. The standard InChI is InChI=1S/C42H38N2/c1-41(2)35-16-10-8-14-29(35)30-20-18-26(22-36(30)41)43-27-19-21-31-33-25-40-34(24-38(33)42(3,4)37(31)23-27)32-15-9-11-17-39(32)44(40)28-12-6-5-7-13-28/h5-6,8-12,14-25,32,39,43H,7,13H2,1-4H3. The van der Waals surface area contributed by atoms with Gasteiger partial charge in [-0.25, -0.2) is 0 Å². The molecule has 4 aromatic rings. The summed E-state index contributed by atoms with van der Waals surface area (Å²) in [6.07, 6.45) is 18.3. The maximum absolute atomic E-state index is 3.79. The quantitative estimate of drug-likeness (QED) is 0.264. The number of fused-ring (bicyclic) bond motifs is 9. The van der Waals surface area contributed by atoms with E-state index in [9.17, 15) is 0 Å². The maximum Gasteiger partial charge on any atom is 0.0626 e. The van der Waals surface area contributed by atoms with E-state index in [1.807, 2.05) is 0 Å². The highest BCUT2D eigenvalue weighted by Crippen LogP contribution is 2.56. The lowest BCUT2D eigenvalue weighted by Gasteiger charge is -2.31. The van der Waals surface area contributed by atoms with E-state index < -0.39 is 0 Å². The molecule has 0 fully saturated rings. The topological polar surface area (TPSA) is 15.3 Å². The summed E-state index contributed by atoms with van der Waals surface area (Å²) in [5, 5.41) is 3.79. The van der Waals surface area contributed by atoms with Crippen LogP contribution in [-0.4, -0.2) is 6.04 Å². The third-order valence-corrected chi connectivity index (χ3v) is 11.0. The number of benzene rings is 4. The average Bonchev–Trinajstić information content (AvgIpc) is 3.57. The molecule has 4 aromatic carbocycles. The summed E-state index contributed by atoms with van der Waals surface area (Å²) in [4.78, 5) is 2.62. The van der Waals surface area contributed by atoms with Crippen molar-refractivity contribution in [3.63, 3.8) is 0 Å². The van der Waals surface area contributed by atoms with Crippen LogP contribution in [0.3, 0.4) is 0 Å². The minimum absolute atomic E-state index is 0.00819. The Kier molecular flexibility index (Phi) is 5.29. The molecular formula is C42H38N2. The fourth-order valence-corrected chi connectivity index (χ4v) is 8.72. The second-order valence-corrected chi connectivity index (χ2v) is 14.2. The van der Waals surface area contributed by atoms with E-state index >= 15 is 0 Å². The Bertz CT molecular complexity index is 2010. The number of hydrogen-bond acceptors (Lipinski definition) is 2. The molecule has 1 heterocycles. The molecule has 0 saturated heterocycles. The molecule has 0 aromatic heterocycles. The molecule has 2 unspecified atom stereocenters. The van der Waals surface area contributed by atoms with Crippen molar-refractivity contribution in [2.45, 2.75) is 63.3 Å². The molecule has 1 N–H and O–H groups in total. The van der Waals surface area contributed by atoms with Crippen molar-refractivity contribution < 1.29 is 0 Å². The lowest BCUT2D eigenvalue weighted by Crippen LogP contribution is -2.32. The predicted molar refractivity (Wildman–Crippen MR) is 185 cm³/mol. The Labute approximate surface area is 261 Å². The van der Waals surface area contributed by atoms with Crippen LogP contribution in [0.5, 0.6) is 0 Å². The summed E-state index contributed by atoms with van der Waals surface area (Å²) in [7, 11) is 0. The molecule has 2 nitrogen and oxygen atoms in total. The van der Waals surface area contributed by atoms with Crippen molar-refractivity contribution in [1.82, 2.24) is 0 Å². The van der Waals surface area contributed by atoms with E-state index in [1.165, 1.54) is 61.5 Å². The zero-order valence-corrected chi connectivity index (χ0v) is 26.0. The zero-order chi connectivity index (χ0) is 29.8. The van der Waals surface area contributed by atoms with Crippen LogP contribution in [0.1, 0.15) is 74.3 Å². The molecule has 44 heavy (non-hydrogen) atoms. The van der Waals surface area contributed by atoms with Gasteiger partial charge in [-0.1, -0.05) is 107 Å². The van der Waals surface area contributed by atoms with Gasteiger partial charge < -0.3 is 10.2 Å². The van der Waals surface area contributed by atoms with Crippen molar-refractivity contribution in [2.24, 2.45) is 0 Å². The first-order valence-electron chi connectivity index (χ1n) is 16.2. The van der Waals surface area contributed by atoms with Gasteiger partial charge in [0.05, 0.1) is 6.04 Å². The monoisotopic (exact) mass is 570 g/mol. The number of rotatable bonds is 3. The molecular weight excluding hydrogens is 532 g/mol. The normalized spacial score (nSPS) is 22.1. The highest BCUT2D eigenvalue weighted by atomic mass is 15.2. The van der Waals surface area contributed by atoms with Gasteiger partial charge in [0, 0.05) is 39.5 Å². The summed E-state index contributed by atoms with van der Waals surface area (Å²) in [5.74, 6) is 0.388. The first-order valence-corrected chi connectivity index (χ1v) is 16.2. The number of anilines is 3. The fraction of sp³-hybridized carbons (Fsp3) is 0.238. The van der Waals surface area contributed by atoms with Crippen LogP contribution in [0.25, 0.3) is 22.3 Å². The Morgan fingerprint density at radius 1 is 0.659 bits per heavy atom. The Hall–Kier alpha value is -4.56. The maximum atomic E-state index is 3.79. The average molecular weight is 571 g/mol. The van der Waals surface area contributed by atoms with Crippen LogP contribution in [0.2, 0.25) is 0 Å². The molecule has 0 amide bonds. The molecule has 2 atom stereocenters. The van der Waals surface area contributed by atoms with Crippen LogP contribution in [0.15, 0.2) is 121 Å². The summed E-state index contributed by atoms with van der Waals surface area (Å²) in [6.45, 7) is 9.49. The van der Waals surface area contributed by atoms with E-state index in [2.05, 4.69) is 153 Å². The van der Waals surface area contributed by atoms with E-state index in [0.717, 1.165) is 24.2 Å². The van der Waals surface area contributed by atoms with Crippen LogP contribution in [0.4, 0.5) is 17.1 Å².